The number of rotatable bonds is 1. The van der Waals surface area contributed by atoms with Crippen LogP contribution in [0.2, 0.25) is 0 Å². The molecule has 0 aromatic carbocycles. The second kappa shape index (κ2) is 3.01. The summed E-state index contributed by atoms with van der Waals surface area (Å²) in [5.74, 6) is 1.61. The first-order valence-electron chi connectivity index (χ1n) is 4.04. The van der Waals surface area contributed by atoms with Crippen molar-refractivity contribution in [3.63, 3.8) is 0 Å². The molecule has 3 heteroatoms. The smallest absolute Gasteiger partial charge is 0.187 e. The van der Waals surface area contributed by atoms with Crippen LogP contribution in [0, 0.1) is 0 Å². The number of hydrogen-bond donors (Lipinski definition) is 0. The molecule has 2 aliphatic rings. The van der Waals surface area contributed by atoms with E-state index in [-0.39, 0.29) is 0 Å². The van der Waals surface area contributed by atoms with Crippen molar-refractivity contribution in [2.75, 3.05) is 6.61 Å². The van der Waals surface area contributed by atoms with Gasteiger partial charge in [0, 0.05) is 6.42 Å². The van der Waals surface area contributed by atoms with E-state index < -0.39 is 6.10 Å². The molecule has 3 nitrogen and oxygen atoms in total. The first kappa shape index (κ1) is 7.40. The van der Waals surface area contributed by atoms with Crippen molar-refractivity contribution in [1.29, 1.82) is 0 Å². The summed E-state index contributed by atoms with van der Waals surface area (Å²) in [4.78, 5) is 10.4. The number of allylic oxidation sites excluding steroid dienone is 3. The van der Waals surface area contributed by atoms with Crippen molar-refractivity contribution in [1.82, 2.24) is 0 Å². The van der Waals surface area contributed by atoms with Gasteiger partial charge in [-0.15, -0.1) is 0 Å². The van der Waals surface area contributed by atoms with Gasteiger partial charge in [-0.3, -0.25) is 4.79 Å². The van der Waals surface area contributed by atoms with E-state index in [1.165, 1.54) is 0 Å². The van der Waals surface area contributed by atoms with Gasteiger partial charge in [-0.2, -0.15) is 0 Å². The van der Waals surface area contributed by atoms with Gasteiger partial charge < -0.3 is 9.47 Å². The summed E-state index contributed by atoms with van der Waals surface area (Å²) in [6.45, 7) is 0.340. The van der Waals surface area contributed by atoms with E-state index in [2.05, 4.69) is 0 Å². The highest BCUT2D eigenvalue weighted by Crippen LogP contribution is 2.25. The van der Waals surface area contributed by atoms with E-state index in [0.29, 0.717) is 6.61 Å². The van der Waals surface area contributed by atoms with Crippen LogP contribution in [0.3, 0.4) is 0 Å². The predicted octanol–water partition coefficient (Wildman–Crippen LogP) is 1.16. The number of ether oxygens (including phenoxy) is 2. The van der Waals surface area contributed by atoms with Crippen molar-refractivity contribution < 1.29 is 14.3 Å². The summed E-state index contributed by atoms with van der Waals surface area (Å²) in [6, 6.07) is 0. The van der Waals surface area contributed by atoms with Crippen molar-refractivity contribution >= 4 is 6.29 Å². The molecule has 0 N–H and O–H groups in total. The van der Waals surface area contributed by atoms with E-state index in [0.717, 1.165) is 30.6 Å². The lowest BCUT2D eigenvalue weighted by atomic mass is 10.1. The van der Waals surface area contributed by atoms with E-state index in [4.69, 9.17) is 9.47 Å². The molecule has 1 atom stereocenters. The first-order chi connectivity index (χ1) is 5.90. The van der Waals surface area contributed by atoms with Crippen molar-refractivity contribution in [2.24, 2.45) is 0 Å². The molecule has 12 heavy (non-hydrogen) atoms. The number of aldehydes is 1. The van der Waals surface area contributed by atoms with Crippen LogP contribution in [0.25, 0.3) is 0 Å². The minimum Gasteiger partial charge on any atom is -0.486 e. The highest BCUT2D eigenvalue weighted by molar-refractivity contribution is 5.57. The third kappa shape index (κ3) is 1.22. The fraction of sp³-hybridized carbons (Fsp3) is 0.444. The zero-order chi connectivity index (χ0) is 8.39. The lowest BCUT2D eigenvalue weighted by Crippen LogP contribution is -2.27. The fourth-order valence-corrected chi connectivity index (χ4v) is 1.32. The Bertz CT molecular complexity index is 252. The lowest BCUT2D eigenvalue weighted by molar-refractivity contribution is -0.120. The lowest BCUT2D eigenvalue weighted by Gasteiger charge is -2.26. The Morgan fingerprint density at radius 3 is 3.33 bits per heavy atom. The molecule has 0 saturated heterocycles. The molecule has 0 radical (unpaired) electrons. The summed E-state index contributed by atoms with van der Waals surface area (Å²) in [5.41, 5.74) is 0. The third-order valence-corrected chi connectivity index (χ3v) is 1.93. The second-order valence-corrected chi connectivity index (χ2v) is 2.83. The van der Waals surface area contributed by atoms with Crippen LogP contribution in [-0.4, -0.2) is 19.0 Å². The average Bonchev–Trinajstić information content (AvgIpc) is 2.17. The van der Waals surface area contributed by atoms with Crippen LogP contribution in [0.5, 0.6) is 0 Å². The maximum absolute atomic E-state index is 10.4. The second-order valence-electron chi connectivity index (χ2n) is 2.83. The topological polar surface area (TPSA) is 35.5 Å². The van der Waals surface area contributed by atoms with Gasteiger partial charge in [0.05, 0.1) is 0 Å². The quantitative estimate of drug-likeness (QED) is 0.548. The van der Waals surface area contributed by atoms with E-state index in [1.807, 2.05) is 12.2 Å². The highest BCUT2D eigenvalue weighted by Gasteiger charge is 2.22. The molecule has 1 heterocycles. The van der Waals surface area contributed by atoms with Gasteiger partial charge in [-0.05, 0) is 12.5 Å². The van der Waals surface area contributed by atoms with Crippen LogP contribution in [0.4, 0.5) is 0 Å². The fourth-order valence-electron chi connectivity index (χ4n) is 1.32. The third-order valence-electron chi connectivity index (χ3n) is 1.93. The monoisotopic (exact) mass is 166 g/mol. The number of carbonyl (C=O) groups excluding carboxylic acids is 1. The SMILES string of the molecule is O=CC1COC2=C(CCC=C2)O1. The van der Waals surface area contributed by atoms with Gasteiger partial charge in [0.2, 0.25) is 0 Å². The Kier molecular flexibility index (Phi) is 1.86. The van der Waals surface area contributed by atoms with Crippen molar-refractivity contribution in [3.8, 4) is 0 Å². The van der Waals surface area contributed by atoms with Gasteiger partial charge in [-0.1, -0.05) is 6.08 Å². The molecular formula is C9H10O3. The maximum Gasteiger partial charge on any atom is 0.187 e. The standard InChI is InChI=1S/C9H10O3/c10-5-7-6-11-8-3-1-2-4-9(8)12-7/h1,3,5,7H,2,4,6H2. The van der Waals surface area contributed by atoms with Gasteiger partial charge in [0.25, 0.3) is 0 Å². The molecule has 0 spiro atoms. The summed E-state index contributed by atoms with van der Waals surface area (Å²) in [6.07, 6.45) is 6.13. The van der Waals surface area contributed by atoms with Crippen LogP contribution < -0.4 is 0 Å². The molecule has 0 saturated carbocycles. The van der Waals surface area contributed by atoms with Crippen LogP contribution in [0.15, 0.2) is 23.7 Å². The molecule has 1 aliphatic carbocycles. The first-order valence-corrected chi connectivity index (χ1v) is 4.04. The Balaban J connectivity index is 2.16. The summed E-state index contributed by atoms with van der Waals surface area (Å²) < 4.78 is 10.7. The van der Waals surface area contributed by atoms with Gasteiger partial charge in [0.15, 0.2) is 18.1 Å². The van der Waals surface area contributed by atoms with Crippen LogP contribution in [0.1, 0.15) is 12.8 Å². The molecule has 0 aromatic heterocycles. The van der Waals surface area contributed by atoms with E-state index in [1.54, 1.807) is 0 Å². The summed E-state index contributed by atoms with van der Waals surface area (Å²) in [5, 5.41) is 0. The predicted molar refractivity (Wildman–Crippen MR) is 42.3 cm³/mol. The minimum atomic E-state index is -0.407. The zero-order valence-corrected chi connectivity index (χ0v) is 6.66. The van der Waals surface area contributed by atoms with Crippen molar-refractivity contribution in [3.05, 3.63) is 23.7 Å². The zero-order valence-electron chi connectivity index (χ0n) is 6.66. The van der Waals surface area contributed by atoms with Crippen LogP contribution in [-0.2, 0) is 14.3 Å². The molecule has 2 rings (SSSR count). The summed E-state index contributed by atoms with van der Waals surface area (Å²) >= 11 is 0. The molecule has 64 valence electrons. The van der Waals surface area contributed by atoms with Gasteiger partial charge in [-0.25, -0.2) is 0 Å². The molecule has 0 amide bonds. The van der Waals surface area contributed by atoms with Gasteiger partial charge in [0.1, 0.15) is 12.4 Å². The van der Waals surface area contributed by atoms with Crippen LogP contribution >= 0.6 is 0 Å². The van der Waals surface area contributed by atoms with Gasteiger partial charge >= 0.3 is 0 Å². The normalized spacial score (nSPS) is 27.2. The Labute approximate surface area is 70.7 Å². The summed E-state index contributed by atoms with van der Waals surface area (Å²) in [7, 11) is 0. The minimum absolute atomic E-state index is 0.340. The molecule has 1 aliphatic heterocycles. The molecule has 1 unspecified atom stereocenters. The molecule has 0 aromatic rings. The Morgan fingerprint density at radius 2 is 2.50 bits per heavy atom. The molecule has 0 bridgehead atoms. The highest BCUT2D eigenvalue weighted by atomic mass is 16.6. The number of carbonyl (C=O) groups is 1. The molecule has 0 fully saturated rings. The molecular weight excluding hydrogens is 156 g/mol. The van der Waals surface area contributed by atoms with E-state index >= 15 is 0 Å². The van der Waals surface area contributed by atoms with E-state index in [9.17, 15) is 4.79 Å². The average molecular weight is 166 g/mol. The Morgan fingerprint density at radius 1 is 1.58 bits per heavy atom. The number of hydrogen-bond acceptors (Lipinski definition) is 3. The van der Waals surface area contributed by atoms with Crippen molar-refractivity contribution in [2.45, 2.75) is 18.9 Å². The Hall–Kier alpha value is -1.25. The maximum atomic E-state index is 10.4. The largest absolute Gasteiger partial charge is 0.486 e.